The van der Waals surface area contributed by atoms with Crippen LogP contribution < -0.4 is 27.4 Å². The third-order valence-corrected chi connectivity index (χ3v) is 6.61. The maximum Gasteiger partial charge on any atom is 0.326 e. The SMILES string of the molecule is CSCCC(N)C(=O)NC(C(=O)NC(Cc1c[nH]c2ccccc12)C(=O)NC(CC(N)=O)C(=O)O)C(C)C. The van der Waals surface area contributed by atoms with Crippen molar-refractivity contribution in [3.05, 3.63) is 36.0 Å². The Morgan fingerprint density at radius 3 is 2.26 bits per heavy atom. The number of carbonyl (C=O) groups excluding carboxylic acids is 4. The van der Waals surface area contributed by atoms with E-state index in [2.05, 4.69) is 20.9 Å². The van der Waals surface area contributed by atoms with Crippen LogP contribution >= 0.6 is 11.8 Å². The second-order valence-electron chi connectivity index (χ2n) is 9.31. The molecule has 0 radical (unpaired) electrons. The highest BCUT2D eigenvalue weighted by molar-refractivity contribution is 7.98. The first-order valence-electron chi connectivity index (χ1n) is 12.2. The minimum absolute atomic E-state index is 0.0104. The monoisotopic (exact) mass is 548 g/mol. The number of H-pyrrole nitrogens is 1. The fraction of sp³-hybridized carbons (Fsp3) is 0.480. The van der Waals surface area contributed by atoms with Gasteiger partial charge < -0.3 is 37.5 Å². The Balaban J connectivity index is 2.29. The maximum absolute atomic E-state index is 13.3. The van der Waals surface area contributed by atoms with Crippen molar-refractivity contribution in [3.8, 4) is 0 Å². The number of aliphatic carboxylic acids is 1. The van der Waals surface area contributed by atoms with E-state index in [1.54, 1.807) is 31.8 Å². The van der Waals surface area contributed by atoms with Crippen molar-refractivity contribution in [3.63, 3.8) is 0 Å². The molecule has 4 amide bonds. The summed E-state index contributed by atoms with van der Waals surface area (Å²) in [5, 5.41) is 17.9. The molecule has 1 aromatic carbocycles. The molecule has 0 fully saturated rings. The molecule has 0 bridgehead atoms. The summed E-state index contributed by atoms with van der Waals surface area (Å²) in [6, 6.07) is 2.77. The average Bonchev–Trinajstić information content (AvgIpc) is 3.26. The smallest absolute Gasteiger partial charge is 0.326 e. The third-order valence-electron chi connectivity index (χ3n) is 5.97. The van der Waals surface area contributed by atoms with Gasteiger partial charge in [-0.2, -0.15) is 11.8 Å². The molecule has 2 aromatic rings. The normalized spacial score (nSPS) is 14.3. The fourth-order valence-electron chi connectivity index (χ4n) is 3.84. The lowest BCUT2D eigenvalue weighted by molar-refractivity contribution is -0.143. The van der Waals surface area contributed by atoms with E-state index >= 15 is 0 Å². The Morgan fingerprint density at radius 2 is 1.66 bits per heavy atom. The number of carboxylic acid groups (broad SMARTS) is 1. The highest BCUT2D eigenvalue weighted by atomic mass is 32.2. The van der Waals surface area contributed by atoms with Crippen LogP contribution in [-0.2, 0) is 30.4 Å². The van der Waals surface area contributed by atoms with Crippen molar-refractivity contribution in [1.29, 1.82) is 0 Å². The Hall–Kier alpha value is -3.58. The van der Waals surface area contributed by atoms with Gasteiger partial charge in [0.2, 0.25) is 23.6 Å². The summed E-state index contributed by atoms with van der Waals surface area (Å²) in [4.78, 5) is 65.1. The number of benzene rings is 1. The Morgan fingerprint density at radius 1 is 1.00 bits per heavy atom. The molecule has 13 heteroatoms. The maximum atomic E-state index is 13.3. The predicted molar refractivity (Wildman–Crippen MR) is 145 cm³/mol. The lowest BCUT2D eigenvalue weighted by Crippen LogP contribution is -2.59. The molecule has 4 atom stereocenters. The second-order valence-corrected chi connectivity index (χ2v) is 10.3. The van der Waals surface area contributed by atoms with Gasteiger partial charge in [0, 0.05) is 23.5 Å². The number of carbonyl (C=O) groups is 5. The van der Waals surface area contributed by atoms with Crippen molar-refractivity contribution < 1.29 is 29.1 Å². The van der Waals surface area contributed by atoms with E-state index in [1.165, 1.54) is 0 Å². The van der Waals surface area contributed by atoms with E-state index in [9.17, 15) is 29.1 Å². The molecule has 0 aliphatic carbocycles. The number of aromatic nitrogens is 1. The zero-order valence-corrected chi connectivity index (χ0v) is 22.5. The van der Waals surface area contributed by atoms with Crippen LogP contribution in [0.1, 0.15) is 32.3 Å². The minimum atomic E-state index is -1.57. The molecular formula is C25H36N6O6S. The van der Waals surface area contributed by atoms with Gasteiger partial charge in [-0.3, -0.25) is 19.2 Å². The van der Waals surface area contributed by atoms with Gasteiger partial charge in [-0.15, -0.1) is 0 Å². The number of para-hydroxylation sites is 1. The summed E-state index contributed by atoms with van der Waals surface area (Å²) in [5.74, 6) is -3.95. The Labute approximate surface area is 225 Å². The molecule has 0 spiro atoms. The van der Waals surface area contributed by atoms with Gasteiger partial charge in [-0.25, -0.2) is 4.79 Å². The molecule has 2 rings (SSSR count). The van der Waals surface area contributed by atoms with E-state index in [0.29, 0.717) is 17.7 Å². The first kappa shape index (κ1) is 30.6. The van der Waals surface area contributed by atoms with Crippen LogP contribution in [0, 0.1) is 5.92 Å². The number of thioether (sulfide) groups is 1. The number of amides is 4. The molecule has 0 aliphatic rings. The van der Waals surface area contributed by atoms with Crippen LogP contribution in [-0.4, -0.2) is 75.9 Å². The highest BCUT2D eigenvalue weighted by Gasteiger charge is 2.32. The van der Waals surface area contributed by atoms with Crippen LogP contribution in [0.5, 0.6) is 0 Å². The van der Waals surface area contributed by atoms with Gasteiger partial charge in [-0.05, 0) is 36.0 Å². The van der Waals surface area contributed by atoms with Crippen LogP contribution in [0.25, 0.3) is 10.9 Å². The summed E-state index contributed by atoms with van der Waals surface area (Å²) in [6.45, 7) is 3.47. The standard InChI is InChI=1S/C25H36N6O6S/c1-13(2)21(31-22(33)16(26)8-9-38-3)24(35)29-18(23(34)30-19(25(36)37)11-20(27)32)10-14-12-28-17-7-5-4-6-15(14)17/h4-7,12-13,16,18-19,21,28H,8-11,26H2,1-3H3,(H2,27,32)(H,29,35)(H,30,34)(H,31,33)(H,36,37). The molecule has 0 saturated heterocycles. The molecule has 0 saturated carbocycles. The van der Waals surface area contributed by atoms with E-state index in [1.807, 2.05) is 30.5 Å². The van der Waals surface area contributed by atoms with Gasteiger partial charge in [0.1, 0.15) is 18.1 Å². The molecule has 208 valence electrons. The van der Waals surface area contributed by atoms with Crippen LogP contribution in [0.2, 0.25) is 0 Å². The number of hydrogen-bond acceptors (Lipinski definition) is 7. The van der Waals surface area contributed by atoms with Crippen molar-refractivity contribution in [2.75, 3.05) is 12.0 Å². The molecule has 0 aliphatic heterocycles. The van der Waals surface area contributed by atoms with Gasteiger partial charge in [-0.1, -0.05) is 32.0 Å². The summed E-state index contributed by atoms with van der Waals surface area (Å²) in [6.07, 6.45) is 3.42. The molecule has 9 N–H and O–H groups in total. The largest absolute Gasteiger partial charge is 0.480 e. The quantitative estimate of drug-likeness (QED) is 0.159. The Kier molecular flexibility index (Phi) is 11.6. The number of carboxylic acids is 1. The highest BCUT2D eigenvalue weighted by Crippen LogP contribution is 2.19. The molecule has 1 heterocycles. The van der Waals surface area contributed by atoms with E-state index < -0.39 is 60.2 Å². The number of rotatable bonds is 15. The van der Waals surface area contributed by atoms with Gasteiger partial charge in [0.15, 0.2) is 0 Å². The number of hydrogen-bond donors (Lipinski definition) is 7. The lowest BCUT2D eigenvalue weighted by Gasteiger charge is -2.27. The Bertz CT molecular complexity index is 1150. The van der Waals surface area contributed by atoms with Crippen molar-refractivity contribution in [2.45, 2.75) is 57.3 Å². The molecule has 4 unspecified atom stereocenters. The second kappa shape index (κ2) is 14.4. The summed E-state index contributed by atoms with van der Waals surface area (Å²) in [7, 11) is 0. The van der Waals surface area contributed by atoms with Gasteiger partial charge >= 0.3 is 5.97 Å². The van der Waals surface area contributed by atoms with Gasteiger partial charge in [0.25, 0.3) is 0 Å². The first-order chi connectivity index (χ1) is 17.9. The molecule has 38 heavy (non-hydrogen) atoms. The number of primary amides is 1. The van der Waals surface area contributed by atoms with E-state index in [4.69, 9.17) is 11.5 Å². The van der Waals surface area contributed by atoms with Gasteiger partial charge in [0.05, 0.1) is 12.5 Å². The first-order valence-corrected chi connectivity index (χ1v) is 13.6. The molecule has 12 nitrogen and oxygen atoms in total. The van der Waals surface area contributed by atoms with E-state index in [-0.39, 0.29) is 12.3 Å². The van der Waals surface area contributed by atoms with Crippen LogP contribution in [0.4, 0.5) is 0 Å². The van der Waals surface area contributed by atoms with Crippen molar-refractivity contribution in [2.24, 2.45) is 17.4 Å². The van der Waals surface area contributed by atoms with Crippen molar-refractivity contribution >= 4 is 52.3 Å². The number of aromatic amines is 1. The van der Waals surface area contributed by atoms with Crippen LogP contribution in [0.15, 0.2) is 30.5 Å². The van der Waals surface area contributed by atoms with E-state index in [0.717, 1.165) is 10.9 Å². The summed E-state index contributed by atoms with van der Waals surface area (Å²) < 4.78 is 0. The number of nitrogens with two attached hydrogens (primary N) is 2. The average molecular weight is 549 g/mol. The topological polar surface area (TPSA) is 209 Å². The third kappa shape index (κ3) is 8.77. The minimum Gasteiger partial charge on any atom is -0.480 e. The zero-order valence-electron chi connectivity index (χ0n) is 21.7. The zero-order chi connectivity index (χ0) is 28.4. The van der Waals surface area contributed by atoms with Crippen LogP contribution in [0.3, 0.4) is 0 Å². The summed E-state index contributed by atoms with van der Waals surface area (Å²) in [5.41, 5.74) is 12.6. The van der Waals surface area contributed by atoms with Crippen molar-refractivity contribution in [1.82, 2.24) is 20.9 Å². The fourth-order valence-corrected chi connectivity index (χ4v) is 4.33. The number of nitrogens with one attached hydrogen (secondary N) is 4. The molecular weight excluding hydrogens is 512 g/mol. The molecule has 1 aromatic heterocycles. The lowest BCUT2D eigenvalue weighted by atomic mass is 10.00. The predicted octanol–water partition coefficient (Wildman–Crippen LogP) is -0.139. The number of fused-ring (bicyclic) bond motifs is 1. The summed E-state index contributed by atoms with van der Waals surface area (Å²) >= 11 is 1.55.